The molecule has 128 valence electrons. The number of carbonyl (C=O) groups is 1. The highest BCUT2D eigenvalue weighted by Gasteiger charge is 2.35. The summed E-state index contributed by atoms with van der Waals surface area (Å²) in [5.41, 5.74) is 6.86. The molecule has 5 nitrogen and oxygen atoms in total. The van der Waals surface area contributed by atoms with Crippen LogP contribution in [0.25, 0.3) is 0 Å². The molecule has 0 spiro atoms. The van der Waals surface area contributed by atoms with Gasteiger partial charge in [0.25, 0.3) is 0 Å². The molecule has 3 atom stereocenters. The van der Waals surface area contributed by atoms with Gasteiger partial charge in [0.05, 0.1) is 11.8 Å². The molecular weight excluding hydrogens is 319 g/mol. The minimum Gasteiger partial charge on any atom is -0.338 e. The summed E-state index contributed by atoms with van der Waals surface area (Å²) in [6, 6.07) is 5.54. The van der Waals surface area contributed by atoms with Gasteiger partial charge in [-0.05, 0) is 37.5 Å². The molecule has 1 aromatic rings. The Morgan fingerprint density at radius 1 is 1.39 bits per heavy atom. The molecular formula is C16H23FN2O3S. The number of hydrogen-bond donors (Lipinski definition) is 1. The van der Waals surface area contributed by atoms with Gasteiger partial charge in [0, 0.05) is 24.8 Å². The first-order chi connectivity index (χ1) is 10.7. The number of amides is 1. The fourth-order valence-corrected chi connectivity index (χ4v) is 3.67. The van der Waals surface area contributed by atoms with Crippen LogP contribution in [-0.4, -0.2) is 49.9 Å². The van der Waals surface area contributed by atoms with Crippen molar-refractivity contribution in [3.63, 3.8) is 0 Å². The van der Waals surface area contributed by atoms with Crippen molar-refractivity contribution in [1.82, 2.24) is 4.90 Å². The predicted octanol–water partition coefficient (Wildman–Crippen LogP) is 1.29. The first-order valence-electron chi connectivity index (χ1n) is 7.66. The zero-order valence-corrected chi connectivity index (χ0v) is 14.2. The molecule has 0 unspecified atom stereocenters. The summed E-state index contributed by atoms with van der Waals surface area (Å²) < 4.78 is 35.4. The van der Waals surface area contributed by atoms with Gasteiger partial charge in [-0.3, -0.25) is 4.79 Å². The first kappa shape index (κ1) is 17.9. The van der Waals surface area contributed by atoms with Crippen molar-refractivity contribution >= 4 is 15.7 Å². The Balaban J connectivity index is 2.00. The van der Waals surface area contributed by atoms with Crippen LogP contribution >= 0.6 is 0 Å². The standard InChI is InChI=1S/C16H23FN2O3S/c1-11-9-13(12-3-5-14(17)6-4-12)10-19(11)16(20)15(18)7-8-23(2,21)22/h3-6,11,13,15H,7-10,18H2,1-2H3/t11-,13-,15+/m1/s1. The minimum absolute atomic E-state index is 0.0295. The van der Waals surface area contributed by atoms with Gasteiger partial charge in [-0.2, -0.15) is 0 Å². The summed E-state index contributed by atoms with van der Waals surface area (Å²) in [5, 5.41) is 0. The van der Waals surface area contributed by atoms with E-state index in [0.717, 1.165) is 18.2 Å². The Hall–Kier alpha value is -1.47. The van der Waals surface area contributed by atoms with Crippen LogP contribution in [0.15, 0.2) is 24.3 Å². The second kappa shape index (κ2) is 6.97. The lowest BCUT2D eigenvalue weighted by Crippen LogP contribution is -2.46. The van der Waals surface area contributed by atoms with E-state index in [9.17, 15) is 17.6 Å². The lowest BCUT2D eigenvalue weighted by atomic mass is 9.97. The summed E-state index contributed by atoms with van der Waals surface area (Å²) in [6.45, 7) is 2.48. The van der Waals surface area contributed by atoms with Gasteiger partial charge >= 0.3 is 0 Å². The highest BCUT2D eigenvalue weighted by molar-refractivity contribution is 7.90. The van der Waals surface area contributed by atoms with Gasteiger partial charge in [0.1, 0.15) is 15.7 Å². The molecule has 1 aromatic carbocycles. The monoisotopic (exact) mass is 342 g/mol. The van der Waals surface area contributed by atoms with Crippen molar-refractivity contribution in [2.24, 2.45) is 5.73 Å². The molecule has 1 heterocycles. The third kappa shape index (κ3) is 4.75. The van der Waals surface area contributed by atoms with E-state index in [1.807, 2.05) is 6.92 Å². The summed E-state index contributed by atoms with van der Waals surface area (Å²) in [4.78, 5) is 14.2. The molecule has 2 N–H and O–H groups in total. The molecule has 1 saturated heterocycles. The Morgan fingerprint density at radius 2 is 2.00 bits per heavy atom. The van der Waals surface area contributed by atoms with Crippen molar-refractivity contribution in [2.45, 2.75) is 37.8 Å². The normalized spacial score (nSPS) is 23.0. The Labute approximate surface area is 136 Å². The number of hydrogen-bond acceptors (Lipinski definition) is 4. The van der Waals surface area contributed by atoms with Gasteiger partial charge in [-0.25, -0.2) is 12.8 Å². The van der Waals surface area contributed by atoms with Crippen LogP contribution in [0.5, 0.6) is 0 Å². The third-order valence-electron chi connectivity index (χ3n) is 4.32. The number of nitrogens with zero attached hydrogens (tertiary/aromatic N) is 1. The summed E-state index contributed by atoms with van der Waals surface area (Å²) in [6.07, 6.45) is 2.05. The fraction of sp³-hybridized carbons (Fsp3) is 0.562. The van der Waals surface area contributed by atoms with Crippen molar-refractivity contribution in [1.29, 1.82) is 0 Å². The molecule has 23 heavy (non-hydrogen) atoms. The van der Waals surface area contributed by atoms with Crippen LogP contribution in [-0.2, 0) is 14.6 Å². The van der Waals surface area contributed by atoms with Crippen LogP contribution in [0.1, 0.15) is 31.2 Å². The van der Waals surface area contributed by atoms with E-state index >= 15 is 0 Å². The van der Waals surface area contributed by atoms with Crippen LogP contribution < -0.4 is 5.73 Å². The Bertz CT molecular complexity index is 660. The summed E-state index contributed by atoms with van der Waals surface area (Å²) in [5.74, 6) is -0.443. The maximum Gasteiger partial charge on any atom is 0.239 e. The molecule has 2 rings (SSSR count). The van der Waals surface area contributed by atoms with Crippen LogP contribution in [0.3, 0.4) is 0 Å². The van der Waals surface area contributed by atoms with Gasteiger partial charge in [0.15, 0.2) is 0 Å². The molecule has 0 aliphatic carbocycles. The van der Waals surface area contributed by atoms with Gasteiger partial charge in [0.2, 0.25) is 5.91 Å². The summed E-state index contributed by atoms with van der Waals surface area (Å²) >= 11 is 0. The van der Waals surface area contributed by atoms with Gasteiger partial charge in [-0.15, -0.1) is 0 Å². The van der Waals surface area contributed by atoms with Crippen molar-refractivity contribution < 1.29 is 17.6 Å². The summed E-state index contributed by atoms with van der Waals surface area (Å²) in [7, 11) is -3.13. The topological polar surface area (TPSA) is 80.5 Å². The van der Waals surface area contributed by atoms with E-state index in [1.54, 1.807) is 17.0 Å². The van der Waals surface area contributed by atoms with E-state index in [-0.39, 0.29) is 35.9 Å². The third-order valence-corrected chi connectivity index (χ3v) is 5.29. The second-order valence-corrected chi connectivity index (χ2v) is 8.61. The highest BCUT2D eigenvalue weighted by Crippen LogP contribution is 2.32. The number of carbonyl (C=O) groups excluding carboxylic acids is 1. The second-order valence-electron chi connectivity index (χ2n) is 6.35. The van der Waals surface area contributed by atoms with Crippen molar-refractivity contribution in [3.05, 3.63) is 35.6 Å². The molecule has 0 radical (unpaired) electrons. The lowest BCUT2D eigenvalue weighted by Gasteiger charge is -2.25. The Kier molecular flexibility index (Phi) is 5.41. The van der Waals surface area contributed by atoms with Gasteiger partial charge in [-0.1, -0.05) is 12.1 Å². The van der Waals surface area contributed by atoms with E-state index < -0.39 is 15.9 Å². The zero-order valence-electron chi connectivity index (χ0n) is 13.4. The SMILES string of the molecule is C[C@@H]1C[C@@H](c2ccc(F)cc2)CN1C(=O)[C@@H](N)CCS(C)(=O)=O. The fourth-order valence-electron chi connectivity index (χ4n) is 2.99. The zero-order chi connectivity index (χ0) is 17.2. The molecule has 1 aliphatic rings. The van der Waals surface area contributed by atoms with Gasteiger partial charge < -0.3 is 10.6 Å². The number of likely N-dealkylation sites (tertiary alicyclic amines) is 1. The van der Waals surface area contributed by atoms with Crippen molar-refractivity contribution in [2.75, 3.05) is 18.6 Å². The van der Waals surface area contributed by atoms with E-state index in [2.05, 4.69) is 0 Å². The molecule has 1 fully saturated rings. The van der Waals surface area contributed by atoms with Crippen LogP contribution in [0.4, 0.5) is 4.39 Å². The molecule has 0 saturated carbocycles. The van der Waals surface area contributed by atoms with Crippen molar-refractivity contribution in [3.8, 4) is 0 Å². The first-order valence-corrected chi connectivity index (χ1v) is 9.72. The number of nitrogens with two attached hydrogens (primary N) is 1. The minimum atomic E-state index is -3.13. The highest BCUT2D eigenvalue weighted by atomic mass is 32.2. The lowest BCUT2D eigenvalue weighted by molar-refractivity contribution is -0.133. The molecule has 1 aliphatic heterocycles. The molecule has 1 amide bonds. The maximum absolute atomic E-state index is 13.0. The molecule has 0 bridgehead atoms. The number of halogens is 1. The number of rotatable bonds is 5. The van der Waals surface area contributed by atoms with Crippen LogP contribution in [0.2, 0.25) is 0 Å². The maximum atomic E-state index is 13.0. The van der Waals surface area contributed by atoms with E-state index in [1.165, 1.54) is 12.1 Å². The number of benzene rings is 1. The molecule has 0 aromatic heterocycles. The molecule has 7 heteroatoms. The number of sulfone groups is 1. The largest absolute Gasteiger partial charge is 0.338 e. The average Bonchev–Trinajstić information content (AvgIpc) is 2.86. The van der Waals surface area contributed by atoms with E-state index in [4.69, 9.17) is 5.73 Å². The Morgan fingerprint density at radius 3 is 2.57 bits per heavy atom. The van der Waals surface area contributed by atoms with Crippen LogP contribution in [0, 0.1) is 5.82 Å². The quantitative estimate of drug-likeness (QED) is 0.874. The average molecular weight is 342 g/mol. The smallest absolute Gasteiger partial charge is 0.239 e. The predicted molar refractivity (Wildman–Crippen MR) is 87.2 cm³/mol. The van der Waals surface area contributed by atoms with E-state index in [0.29, 0.717) is 6.54 Å².